The first-order chi connectivity index (χ1) is 18.2. The van der Waals surface area contributed by atoms with Crippen LogP contribution in [0.25, 0.3) is 0 Å². The van der Waals surface area contributed by atoms with Crippen molar-refractivity contribution >= 4 is 5.97 Å². The van der Waals surface area contributed by atoms with Crippen molar-refractivity contribution in [1.82, 2.24) is 0 Å². The smallest absolute Gasteiger partial charge is 0.305 e. The van der Waals surface area contributed by atoms with E-state index in [4.69, 9.17) is 23.7 Å². The van der Waals surface area contributed by atoms with Crippen LogP contribution in [0.1, 0.15) is 130 Å². The molecule has 0 rings (SSSR count). The molecular weight excluding hydrogens is 468 g/mol. The summed E-state index contributed by atoms with van der Waals surface area (Å²) in [6, 6.07) is 0. The van der Waals surface area contributed by atoms with Gasteiger partial charge in [0.1, 0.15) is 6.61 Å². The van der Waals surface area contributed by atoms with E-state index in [-0.39, 0.29) is 5.97 Å². The molecule has 6 heteroatoms. The third-order valence-electron chi connectivity index (χ3n) is 6.69. The van der Waals surface area contributed by atoms with Gasteiger partial charge in [-0.05, 0) is 12.3 Å². The number of carbonyl (C=O) groups is 1. The Hall–Kier alpha value is -0.690. The van der Waals surface area contributed by atoms with Crippen molar-refractivity contribution in [2.75, 3.05) is 59.5 Å². The summed E-state index contributed by atoms with van der Waals surface area (Å²) in [4.78, 5) is 11.8. The minimum absolute atomic E-state index is 0.111. The molecule has 0 aromatic rings. The second kappa shape index (κ2) is 31.5. The standard InChI is InChI=1S/C31H62O6/c1-4-6-7-8-9-10-11-12-13-14-15-16-17-18-19-20-31(32)37-28-27-35-24-23-33-21-22-34-25-26-36-29-30(3)5-2/h30H,4-29H2,1-3H3. The molecule has 1 unspecified atom stereocenters. The number of carbonyl (C=O) groups excluding carboxylic acids is 1. The first-order valence-electron chi connectivity index (χ1n) is 15.7. The van der Waals surface area contributed by atoms with Gasteiger partial charge in [0.25, 0.3) is 0 Å². The minimum Gasteiger partial charge on any atom is -0.463 e. The molecule has 0 saturated carbocycles. The molecule has 1 atom stereocenters. The molecule has 0 bridgehead atoms. The lowest BCUT2D eigenvalue weighted by Gasteiger charge is -2.10. The van der Waals surface area contributed by atoms with Gasteiger partial charge in [-0.25, -0.2) is 0 Å². The van der Waals surface area contributed by atoms with Gasteiger partial charge in [0.05, 0.1) is 46.2 Å². The Kier molecular flexibility index (Phi) is 30.9. The zero-order chi connectivity index (χ0) is 27.1. The van der Waals surface area contributed by atoms with Crippen molar-refractivity contribution in [3.63, 3.8) is 0 Å². The lowest BCUT2D eigenvalue weighted by Crippen LogP contribution is -2.15. The van der Waals surface area contributed by atoms with E-state index in [1.165, 1.54) is 83.5 Å². The predicted octanol–water partition coefficient (Wildman–Crippen LogP) is 7.90. The number of esters is 1. The van der Waals surface area contributed by atoms with Crippen LogP contribution in [-0.2, 0) is 28.5 Å². The Bertz CT molecular complexity index is 445. The van der Waals surface area contributed by atoms with E-state index in [2.05, 4.69) is 20.8 Å². The van der Waals surface area contributed by atoms with Gasteiger partial charge in [-0.3, -0.25) is 4.79 Å². The highest BCUT2D eigenvalue weighted by Crippen LogP contribution is 2.13. The van der Waals surface area contributed by atoms with Crippen molar-refractivity contribution < 1.29 is 28.5 Å². The van der Waals surface area contributed by atoms with Crippen LogP contribution in [0.5, 0.6) is 0 Å². The molecule has 37 heavy (non-hydrogen) atoms. The van der Waals surface area contributed by atoms with Crippen LogP contribution < -0.4 is 0 Å². The predicted molar refractivity (Wildman–Crippen MR) is 153 cm³/mol. The van der Waals surface area contributed by atoms with Crippen LogP contribution >= 0.6 is 0 Å². The molecule has 0 radical (unpaired) electrons. The van der Waals surface area contributed by atoms with Gasteiger partial charge in [-0.1, -0.05) is 117 Å². The van der Waals surface area contributed by atoms with Gasteiger partial charge in [0.2, 0.25) is 0 Å². The van der Waals surface area contributed by atoms with Gasteiger partial charge in [-0.15, -0.1) is 0 Å². The number of hydrogen-bond donors (Lipinski definition) is 0. The molecule has 0 heterocycles. The first-order valence-corrected chi connectivity index (χ1v) is 15.7. The van der Waals surface area contributed by atoms with Crippen molar-refractivity contribution in [3.8, 4) is 0 Å². The van der Waals surface area contributed by atoms with Gasteiger partial charge in [-0.2, -0.15) is 0 Å². The molecule has 0 aliphatic heterocycles. The number of ether oxygens (including phenoxy) is 5. The SMILES string of the molecule is CCCCCCCCCCCCCCCCCC(=O)OCCOCCOCCOCCOCC(C)CC. The maximum Gasteiger partial charge on any atom is 0.305 e. The van der Waals surface area contributed by atoms with Crippen molar-refractivity contribution in [2.24, 2.45) is 5.92 Å². The normalized spacial score (nSPS) is 12.2. The lowest BCUT2D eigenvalue weighted by molar-refractivity contribution is -0.145. The molecule has 0 spiro atoms. The molecule has 222 valence electrons. The number of unbranched alkanes of at least 4 members (excludes halogenated alkanes) is 14. The Morgan fingerprint density at radius 2 is 0.892 bits per heavy atom. The maximum absolute atomic E-state index is 11.8. The summed E-state index contributed by atoms with van der Waals surface area (Å²) >= 11 is 0. The van der Waals surface area contributed by atoms with Crippen LogP contribution in [-0.4, -0.2) is 65.4 Å². The zero-order valence-electron chi connectivity index (χ0n) is 24.9. The highest BCUT2D eigenvalue weighted by molar-refractivity contribution is 5.69. The summed E-state index contributed by atoms with van der Waals surface area (Å²) < 4.78 is 27.1. The molecule has 0 aromatic carbocycles. The third kappa shape index (κ3) is 31.4. The molecule has 0 amide bonds. The van der Waals surface area contributed by atoms with E-state index in [1.807, 2.05) is 0 Å². The Morgan fingerprint density at radius 3 is 1.32 bits per heavy atom. The minimum atomic E-state index is -0.111. The van der Waals surface area contributed by atoms with Gasteiger partial charge in [0.15, 0.2) is 0 Å². The van der Waals surface area contributed by atoms with E-state index in [0.717, 1.165) is 25.9 Å². The molecular formula is C31H62O6. The topological polar surface area (TPSA) is 63.2 Å². The van der Waals surface area contributed by atoms with Gasteiger partial charge in [0, 0.05) is 13.0 Å². The molecule has 0 saturated heterocycles. The third-order valence-corrected chi connectivity index (χ3v) is 6.69. The average molecular weight is 531 g/mol. The van der Waals surface area contributed by atoms with E-state index in [9.17, 15) is 4.79 Å². The summed E-state index contributed by atoms with van der Waals surface area (Å²) in [7, 11) is 0. The summed E-state index contributed by atoms with van der Waals surface area (Å²) in [5, 5.41) is 0. The second-order valence-corrected chi connectivity index (χ2v) is 10.3. The van der Waals surface area contributed by atoms with E-state index < -0.39 is 0 Å². The van der Waals surface area contributed by atoms with Gasteiger partial charge >= 0.3 is 5.97 Å². The number of hydrogen-bond acceptors (Lipinski definition) is 6. The van der Waals surface area contributed by atoms with E-state index in [0.29, 0.717) is 65.2 Å². The lowest BCUT2D eigenvalue weighted by atomic mass is 10.0. The first kappa shape index (κ1) is 36.3. The summed E-state index contributed by atoms with van der Waals surface area (Å²) in [6.45, 7) is 11.5. The van der Waals surface area contributed by atoms with Crippen molar-refractivity contribution in [1.29, 1.82) is 0 Å². The molecule has 0 aliphatic rings. The highest BCUT2D eigenvalue weighted by Gasteiger charge is 2.03. The Morgan fingerprint density at radius 1 is 0.514 bits per heavy atom. The van der Waals surface area contributed by atoms with E-state index >= 15 is 0 Å². The monoisotopic (exact) mass is 530 g/mol. The zero-order valence-corrected chi connectivity index (χ0v) is 24.9. The van der Waals surface area contributed by atoms with Crippen LogP contribution in [0.15, 0.2) is 0 Å². The highest BCUT2D eigenvalue weighted by atomic mass is 16.6. The van der Waals surface area contributed by atoms with Crippen molar-refractivity contribution in [3.05, 3.63) is 0 Å². The van der Waals surface area contributed by atoms with Crippen LogP contribution in [0.4, 0.5) is 0 Å². The maximum atomic E-state index is 11.8. The number of rotatable bonds is 31. The average Bonchev–Trinajstić information content (AvgIpc) is 2.90. The second-order valence-electron chi connectivity index (χ2n) is 10.3. The Balaban J connectivity index is 3.16. The summed E-state index contributed by atoms with van der Waals surface area (Å²) in [5.41, 5.74) is 0. The largest absolute Gasteiger partial charge is 0.463 e. The molecule has 0 fully saturated rings. The quantitative estimate of drug-likeness (QED) is 0.0670. The Labute approximate surface area is 229 Å². The molecule has 0 aliphatic carbocycles. The van der Waals surface area contributed by atoms with E-state index in [1.54, 1.807) is 0 Å². The molecule has 0 aromatic heterocycles. The van der Waals surface area contributed by atoms with Gasteiger partial charge < -0.3 is 23.7 Å². The fraction of sp³-hybridized carbons (Fsp3) is 0.968. The van der Waals surface area contributed by atoms with Crippen LogP contribution in [0, 0.1) is 5.92 Å². The van der Waals surface area contributed by atoms with Crippen LogP contribution in [0.3, 0.4) is 0 Å². The van der Waals surface area contributed by atoms with Crippen molar-refractivity contribution in [2.45, 2.75) is 130 Å². The molecule has 0 N–H and O–H groups in total. The summed E-state index contributed by atoms with van der Waals surface area (Å²) in [6.07, 6.45) is 21.6. The molecule has 6 nitrogen and oxygen atoms in total. The fourth-order valence-electron chi connectivity index (χ4n) is 3.99. The fourth-order valence-corrected chi connectivity index (χ4v) is 3.99. The summed E-state index contributed by atoms with van der Waals surface area (Å²) in [5.74, 6) is 0.491. The van der Waals surface area contributed by atoms with Crippen LogP contribution in [0.2, 0.25) is 0 Å².